The third-order valence-corrected chi connectivity index (χ3v) is 4.67. The number of ether oxygens (including phenoxy) is 1. The number of aromatic nitrogens is 3. The molecule has 3 heterocycles. The van der Waals surface area contributed by atoms with Crippen LogP contribution in [0, 0.1) is 6.92 Å². The van der Waals surface area contributed by atoms with E-state index >= 15 is 0 Å². The second-order valence-corrected chi connectivity index (χ2v) is 7.16. The quantitative estimate of drug-likeness (QED) is 0.691. The van der Waals surface area contributed by atoms with Gasteiger partial charge in [0.05, 0.1) is 17.9 Å². The molecule has 2 aromatic heterocycles. The van der Waals surface area contributed by atoms with Gasteiger partial charge in [0.25, 0.3) is 5.91 Å². The Labute approximate surface area is 163 Å². The molecule has 0 N–H and O–H groups in total. The van der Waals surface area contributed by atoms with Crippen molar-refractivity contribution in [2.45, 2.75) is 45.9 Å². The van der Waals surface area contributed by atoms with E-state index < -0.39 is 0 Å². The molecule has 28 heavy (non-hydrogen) atoms. The number of hydrogen-bond acceptors (Lipinski definition) is 6. The number of fused-ring (bicyclic) bond motifs is 1. The summed E-state index contributed by atoms with van der Waals surface area (Å²) in [5.41, 5.74) is 2.77. The lowest BCUT2D eigenvalue weighted by molar-refractivity contribution is 0.0601. The first-order chi connectivity index (χ1) is 13.5. The van der Waals surface area contributed by atoms with Crippen molar-refractivity contribution in [2.75, 3.05) is 0 Å². The predicted molar refractivity (Wildman–Crippen MR) is 102 cm³/mol. The van der Waals surface area contributed by atoms with Crippen molar-refractivity contribution >= 4 is 5.91 Å². The van der Waals surface area contributed by atoms with E-state index in [4.69, 9.17) is 9.15 Å². The van der Waals surface area contributed by atoms with E-state index in [0.717, 1.165) is 5.56 Å². The Kier molecular flexibility index (Phi) is 4.81. The minimum Gasteiger partial charge on any atom is -0.489 e. The number of aryl methyl sites for hydroxylation is 1. The number of carbonyl (C=O) groups excluding carboxylic acids is 1. The fourth-order valence-electron chi connectivity index (χ4n) is 3.44. The molecule has 0 saturated heterocycles. The molecule has 0 fully saturated rings. The third-order valence-electron chi connectivity index (χ3n) is 4.67. The monoisotopic (exact) mass is 378 g/mol. The van der Waals surface area contributed by atoms with Gasteiger partial charge in [-0.05, 0) is 31.0 Å². The zero-order chi connectivity index (χ0) is 19.7. The summed E-state index contributed by atoms with van der Waals surface area (Å²) in [5, 5.41) is 8.12. The Morgan fingerprint density at radius 1 is 1.21 bits per heavy atom. The summed E-state index contributed by atoms with van der Waals surface area (Å²) in [6.07, 6.45) is 3.80. The molecule has 4 rings (SSSR count). The van der Waals surface area contributed by atoms with E-state index in [1.807, 2.05) is 32.0 Å². The zero-order valence-electron chi connectivity index (χ0n) is 16.1. The standard InChI is InChI=1S/C21H22N4O3/c1-13(2)27-18-8-17(10-22-11-18)21(26)25-12-16-7-5-4-6-15(16)9-19(25)20-24-23-14(3)28-20/h4-8,10-11,13,19H,9,12H2,1-3H3. The lowest BCUT2D eigenvalue weighted by Crippen LogP contribution is -2.39. The SMILES string of the molecule is Cc1nnc(C2Cc3ccccc3CN2C(=O)c2cncc(OC(C)C)c2)o1. The molecule has 0 bridgehead atoms. The van der Waals surface area contributed by atoms with Gasteiger partial charge in [0.1, 0.15) is 11.8 Å². The molecule has 7 heteroatoms. The summed E-state index contributed by atoms with van der Waals surface area (Å²) < 4.78 is 11.4. The maximum absolute atomic E-state index is 13.4. The Morgan fingerprint density at radius 2 is 2.00 bits per heavy atom. The van der Waals surface area contributed by atoms with Crippen molar-refractivity contribution in [3.05, 3.63) is 71.2 Å². The van der Waals surface area contributed by atoms with Crippen LogP contribution in [0.5, 0.6) is 5.75 Å². The number of nitrogens with zero attached hydrogens (tertiary/aromatic N) is 4. The number of rotatable bonds is 4. The van der Waals surface area contributed by atoms with Crippen LogP contribution in [0.15, 0.2) is 47.1 Å². The highest BCUT2D eigenvalue weighted by molar-refractivity contribution is 5.94. The summed E-state index contributed by atoms with van der Waals surface area (Å²) in [5.74, 6) is 1.36. The van der Waals surface area contributed by atoms with Crippen molar-refractivity contribution < 1.29 is 13.9 Å². The van der Waals surface area contributed by atoms with Crippen LogP contribution in [0.3, 0.4) is 0 Å². The Bertz CT molecular complexity index is 999. The van der Waals surface area contributed by atoms with Crippen molar-refractivity contribution in [3.8, 4) is 5.75 Å². The average molecular weight is 378 g/mol. The highest BCUT2D eigenvalue weighted by Gasteiger charge is 2.35. The van der Waals surface area contributed by atoms with Crippen LogP contribution in [0.25, 0.3) is 0 Å². The number of amides is 1. The van der Waals surface area contributed by atoms with E-state index in [9.17, 15) is 4.79 Å². The van der Waals surface area contributed by atoms with Gasteiger partial charge in [-0.2, -0.15) is 0 Å². The fourth-order valence-corrected chi connectivity index (χ4v) is 3.44. The van der Waals surface area contributed by atoms with Crippen LogP contribution in [-0.4, -0.2) is 32.1 Å². The van der Waals surface area contributed by atoms with Gasteiger partial charge in [-0.1, -0.05) is 24.3 Å². The lowest BCUT2D eigenvalue weighted by Gasteiger charge is -2.35. The molecular weight excluding hydrogens is 356 g/mol. The summed E-state index contributed by atoms with van der Waals surface area (Å²) in [4.78, 5) is 19.3. The van der Waals surface area contributed by atoms with Crippen LogP contribution >= 0.6 is 0 Å². The maximum atomic E-state index is 13.4. The molecule has 0 radical (unpaired) electrons. The van der Waals surface area contributed by atoms with E-state index in [2.05, 4.69) is 21.2 Å². The number of pyridine rings is 1. The molecule has 0 aliphatic carbocycles. The molecule has 1 aromatic carbocycles. The molecule has 144 valence electrons. The van der Waals surface area contributed by atoms with Gasteiger partial charge in [0, 0.05) is 26.1 Å². The zero-order valence-corrected chi connectivity index (χ0v) is 16.1. The summed E-state index contributed by atoms with van der Waals surface area (Å²) >= 11 is 0. The van der Waals surface area contributed by atoms with Crippen LogP contribution in [0.2, 0.25) is 0 Å². The first kappa shape index (κ1) is 18.2. The molecular formula is C21H22N4O3. The topological polar surface area (TPSA) is 81.4 Å². The van der Waals surface area contributed by atoms with Crippen LogP contribution in [-0.2, 0) is 13.0 Å². The Hall–Kier alpha value is -3.22. The molecule has 7 nitrogen and oxygen atoms in total. The van der Waals surface area contributed by atoms with Crippen LogP contribution in [0.1, 0.15) is 53.2 Å². The van der Waals surface area contributed by atoms with E-state index in [1.54, 1.807) is 30.3 Å². The van der Waals surface area contributed by atoms with Gasteiger partial charge < -0.3 is 14.1 Å². The summed E-state index contributed by atoms with van der Waals surface area (Å²) in [6, 6.07) is 9.51. The van der Waals surface area contributed by atoms with Gasteiger partial charge in [0.15, 0.2) is 0 Å². The third kappa shape index (κ3) is 3.60. The summed E-state index contributed by atoms with van der Waals surface area (Å²) in [6.45, 7) is 6.08. The lowest BCUT2D eigenvalue weighted by atomic mass is 9.93. The number of carbonyl (C=O) groups is 1. The molecule has 0 spiro atoms. The molecule has 1 unspecified atom stereocenters. The Balaban J connectivity index is 1.69. The fraction of sp³-hybridized carbons (Fsp3) is 0.333. The second-order valence-electron chi connectivity index (χ2n) is 7.16. The first-order valence-corrected chi connectivity index (χ1v) is 9.30. The van der Waals surface area contributed by atoms with Crippen molar-refractivity contribution in [2.24, 2.45) is 0 Å². The van der Waals surface area contributed by atoms with E-state index in [-0.39, 0.29) is 18.1 Å². The second kappa shape index (κ2) is 7.42. The van der Waals surface area contributed by atoms with Crippen molar-refractivity contribution in [3.63, 3.8) is 0 Å². The molecule has 1 aliphatic rings. The number of benzene rings is 1. The minimum absolute atomic E-state index is 0.00290. The van der Waals surface area contributed by atoms with E-state index in [1.165, 1.54) is 5.56 Å². The molecule has 0 saturated carbocycles. The maximum Gasteiger partial charge on any atom is 0.256 e. The van der Waals surface area contributed by atoms with Crippen molar-refractivity contribution in [1.29, 1.82) is 0 Å². The Morgan fingerprint density at radius 3 is 2.71 bits per heavy atom. The average Bonchev–Trinajstić information content (AvgIpc) is 3.12. The molecule has 1 atom stereocenters. The molecule has 1 aliphatic heterocycles. The van der Waals surface area contributed by atoms with Gasteiger partial charge in [-0.3, -0.25) is 9.78 Å². The van der Waals surface area contributed by atoms with Gasteiger partial charge in [0.2, 0.25) is 11.8 Å². The normalized spacial score (nSPS) is 16.1. The van der Waals surface area contributed by atoms with Gasteiger partial charge in [-0.15, -0.1) is 10.2 Å². The van der Waals surface area contributed by atoms with Crippen LogP contribution in [0.4, 0.5) is 0 Å². The van der Waals surface area contributed by atoms with Gasteiger partial charge >= 0.3 is 0 Å². The van der Waals surface area contributed by atoms with Gasteiger partial charge in [-0.25, -0.2) is 0 Å². The largest absolute Gasteiger partial charge is 0.489 e. The molecule has 3 aromatic rings. The summed E-state index contributed by atoms with van der Waals surface area (Å²) in [7, 11) is 0. The highest BCUT2D eigenvalue weighted by atomic mass is 16.5. The first-order valence-electron chi connectivity index (χ1n) is 9.30. The minimum atomic E-state index is -0.321. The number of hydrogen-bond donors (Lipinski definition) is 0. The highest BCUT2D eigenvalue weighted by Crippen LogP contribution is 2.34. The van der Waals surface area contributed by atoms with Crippen LogP contribution < -0.4 is 4.74 Å². The molecule has 1 amide bonds. The smallest absolute Gasteiger partial charge is 0.256 e. The predicted octanol–water partition coefficient (Wildman–Crippen LogP) is 3.50. The van der Waals surface area contributed by atoms with Crippen molar-refractivity contribution in [1.82, 2.24) is 20.1 Å². The van der Waals surface area contributed by atoms with E-state index in [0.29, 0.717) is 36.1 Å².